The van der Waals surface area contributed by atoms with E-state index in [2.05, 4.69) is 13.8 Å². The van der Waals surface area contributed by atoms with Crippen molar-refractivity contribution in [3.63, 3.8) is 0 Å². The lowest BCUT2D eigenvalue weighted by Crippen LogP contribution is -2.04. The molecule has 4 nitrogen and oxygen atoms in total. The zero-order valence-electron chi connectivity index (χ0n) is 16.7. The van der Waals surface area contributed by atoms with Crippen LogP contribution in [0.4, 0.5) is 0 Å². The number of rotatable bonds is 8. The third kappa shape index (κ3) is 6.81. The molecule has 0 saturated carbocycles. The Kier molecular flexibility index (Phi) is 7.47. The minimum atomic E-state index is -0.420. The lowest BCUT2D eigenvalue weighted by Gasteiger charge is -2.12. The van der Waals surface area contributed by atoms with Crippen LogP contribution in [-0.4, -0.2) is 19.7 Å². The van der Waals surface area contributed by atoms with E-state index in [0.29, 0.717) is 29.8 Å². The molecule has 0 radical (unpaired) electrons. The van der Waals surface area contributed by atoms with Crippen LogP contribution in [-0.2, 0) is 4.79 Å². The molecule has 2 rings (SSSR count). The lowest BCUT2D eigenvalue weighted by molar-refractivity contribution is -0.128. The highest BCUT2D eigenvalue weighted by Crippen LogP contribution is 2.29. The van der Waals surface area contributed by atoms with Crippen LogP contribution in [0.1, 0.15) is 37.0 Å². The number of hydrogen-bond acceptors (Lipinski definition) is 4. The third-order valence-electron chi connectivity index (χ3n) is 3.97. The van der Waals surface area contributed by atoms with Gasteiger partial charge in [-0.15, -0.1) is 0 Å². The van der Waals surface area contributed by atoms with Gasteiger partial charge < -0.3 is 14.2 Å². The van der Waals surface area contributed by atoms with Crippen LogP contribution in [0.5, 0.6) is 17.2 Å². The molecule has 0 atom stereocenters. The van der Waals surface area contributed by atoms with Gasteiger partial charge >= 0.3 is 5.97 Å². The molecule has 27 heavy (non-hydrogen) atoms. The summed E-state index contributed by atoms with van der Waals surface area (Å²) in [6.07, 6.45) is 4.09. The first-order valence-corrected chi connectivity index (χ1v) is 9.16. The number of hydrogen-bond donors (Lipinski definition) is 0. The molecule has 0 aliphatic rings. The Morgan fingerprint density at radius 2 is 1.74 bits per heavy atom. The van der Waals surface area contributed by atoms with E-state index >= 15 is 0 Å². The highest BCUT2D eigenvalue weighted by atomic mass is 16.5. The van der Waals surface area contributed by atoms with Crippen LogP contribution in [0.3, 0.4) is 0 Å². The molecule has 2 aromatic carbocycles. The van der Waals surface area contributed by atoms with E-state index in [0.717, 1.165) is 23.1 Å². The van der Waals surface area contributed by atoms with E-state index < -0.39 is 5.97 Å². The van der Waals surface area contributed by atoms with Crippen LogP contribution in [0.2, 0.25) is 0 Å². The predicted molar refractivity (Wildman–Crippen MR) is 109 cm³/mol. The number of methoxy groups -OCH3 is 1. The molecule has 0 bridgehead atoms. The van der Waals surface area contributed by atoms with Gasteiger partial charge in [0, 0.05) is 6.08 Å². The topological polar surface area (TPSA) is 44.8 Å². The van der Waals surface area contributed by atoms with Crippen LogP contribution < -0.4 is 14.2 Å². The van der Waals surface area contributed by atoms with Crippen molar-refractivity contribution >= 4 is 12.0 Å². The van der Waals surface area contributed by atoms with E-state index in [1.165, 1.54) is 6.08 Å². The molecule has 0 spiro atoms. The number of benzene rings is 2. The summed E-state index contributed by atoms with van der Waals surface area (Å²) in [4.78, 5) is 12.1. The fourth-order valence-corrected chi connectivity index (χ4v) is 2.62. The van der Waals surface area contributed by atoms with Crippen molar-refractivity contribution in [1.82, 2.24) is 0 Å². The van der Waals surface area contributed by atoms with E-state index in [1.54, 1.807) is 13.2 Å². The van der Waals surface area contributed by atoms with Gasteiger partial charge in [-0.05, 0) is 73.2 Å². The second-order valence-electron chi connectivity index (χ2n) is 7.02. The minimum Gasteiger partial charge on any atom is -0.493 e. The van der Waals surface area contributed by atoms with Gasteiger partial charge in [-0.25, -0.2) is 4.79 Å². The first-order valence-electron chi connectivity index (χ1n) is 9.16. The average Bonchev–Trinajstić information content (AvgIpc) is 2.59. The summed E-state index contributed by atoms with van der Waals surface area (Å²) in [6, 6.07) is 11.3. The van der Waals surface area contributed by atoms with E-state index in [-0.39, 0.29) is 0 Å². The van der Waals surface area contributed by atoms with Crippen molar-refractivity contribution in [2.45, 2.75) is 34.1 Å². The Hall–Kier alpha value is -2.75. The molecular weight excluding hydrogens is 340 g/mol. The van der Waals surface area contributed by atoms with Gasteiger partial charge in [-0.3, -0.25) is 0 Å². The Bertz CT molecular complexity index is 786. The normalized spacial score (nSPS) is 11.0. The summed E-state index contributed by atoms with van der Waals surface area (Å²) in [7, 11) is 1.60. The van der Waals surface area contributed by atoms with Crippen molar-refractivity contribution in [3.8, 4) is 17.2 Å². The summed E-state index contributed by atoms with van der Waals surface area (Å²) in [6.45, 7) is 8.90. The molecular formula is C23H28O4. The van der Waals surface area contributed by atoms with E-state index in [9.17, 15) is 4.79 Å². The summed E-state index contributed by atoms with van der Waals surface area (Å²) in [5, 5.41) is 0. The highest BCUT2D eigenvalue weighted by molar-refractivity contribution is 5.88. The molecule has 0 aliphatic heterocycles. The standard InChI is InChI=1S/C23H28O4/c1-16(2)10-11-26-21-8-6-19(15-22(21)25-5)7-9-23(24)27-20-13-17(3)12-18(4)14-20/h6-9,12-16H,10-11H2,1-5H3/b9-7+. The number of aryl methyl sites for hydroxylation is 2. The second-order valence-corrected chi connectivity index (χ2v) is 7.02. The maximum atomic E-state index is 12.1. The zero-order valence-corrected chi connectivity index (χ0v) is 16.7. The molecule has 0 saturated heterocycles. The molecule has 2 aromatic rings. The van der Waals surface area contributed by atoms with Gasteiger partial charge in [0.2, 0.25) is 0 Å². The molecule has 0 aromatic heterocycles. The van der Waals surface area contributed by atoms with Gasteiger partial charge in [-0.2, -0.15) is 0 Å². The smallest absolute Gasteiger partial charge is 0.336 e. The summed E-state index contributed by atoms with van der Waals surface area (Å²) in [5.41, 5.74) is 2.94. The fourth-order valence-electron chi connectivity index (χ4n) is 2.62. The van der Waals surface area contributed by atoms with Crippen LogP contribution >= 0.6 is 0 Å². The van der Waals surface area contributed by atoms with Crippen molar-refractivity contribution in [3.05, 3.63) is 59.2 Å². The van der Waals surface area contributed by atoms with Gasteiger partial charge in [0.15, 0.2) is 11.5 Å². The molecule has 0 amide bonds. The first kappa shape index (κ1) is 20.6. The zero-order chi connectivity index (χ0) is 19.8. The van der Waals surface area contributed by atoms with Gasteiger partial charge in [0.1, 0.15) is 5.75 Å². The Morgan fingerprint density at radius 3 is 2.37 bits per heavy atom. The Balaban J connectivity index is 2.01. The maximum absolute atomic E-state index is 12.1. The average molecular weight is 368 g/mol. The van der Waals surface area contributed by atoms with Gasteiger partial charge in [0.25, 0.3) is 0 Å². The second kappa shape index (κ2) is 9.81. The highest BCUT2D eigenvalue weighted by Gasteiger charge is 2.07. The van der Waals surface area contributed by atoms with Crippen LogP contribution in [0.25, 0.3) is 6.08 Å². The molecule has 0 heterocycles. The molecule has 0 fully saturated rings. The fraction of sp³-hybridized carbons (Fsp3) is 0.348. The quantitative estimate of drug-likeness (QED) is 0.358. The number of carbonyl (C=O) groups is 1. The Morgan fingerprint density at radius 1 is 1.04 bits per heavy atom. The maximum Gasteiger partial charge on any atom is 0.336 e. The predicted octanol–water partition coefficient (Wildman–Crippen LogP) is 5.36. The number of ether oxygens (including phenoxy) is 3. The van der Waals surface area contributed by atoms with Gasteiger partial charge in [0.05, 0.1) is 13.7 Å². The monoisotopic (exact) mass is 368 g/mol. The molecule has 0 aliphatic carbocycles. The lowest BCUT2D eigenvalue weighted by atomic mass is 10.1. The van der Waals surface area contributed by atoms with Gasteiger partial charge in [-0.1, -0.05) is 26.0 Å². The summed E-state index contributed by atoms with van der Waals surface area (Å²) < 4.78 is 16.5. The molecule has 0 unspecified atom stereocenters. The number of carbonyl (C=O) groups excluding carboxylic acids is 1. The molecule has 144 valence electrons. The van der Waals surface area contributed by atoms with Crippen molar-refractivity contribution in [1.29, 1.82) is 0 Å². The Labute approximate surface area is 161 Å². The number of esters is 1. The SMILES string of the molecule is COc1cc(/C=C/C(=O)Oc2cc(C)cc(C)c2)ccc1OCCC(C)C. The van der Waals surface area contributed by atoms with Crippen molar-refractivity contribution in [2.75, 3.05) is 13.7 Å². The largest absolute Gasteiger partial charge is 0.493 e. The summed E-state index contributed by atoms with van der Waals surface area (Å²) >= 11 is 0. The van der Waals surface area contributed by atoms with E-state index in [1.807, 2.05) is 50.2 Å². The summed E-state index contributed by atoms with van der Waals surface area (Å²) in [5.74, 6) is 2.06. The van der Waals surface area contributed by atoms with Crippen LogP contribution in [0, 0.1) is 19.8 Å². The van der Waals surface area contributed by atoms with E-state index in [4.69, 9.17) is 14.2 Å². The minimum absolute atomic E-state index is 0.420. The van der Waals surface area contributed by atoms with Crippen molar-refractivity contribution < 1.29 is 19.0 Å². The van der Waals surface area contributed by atoms with Crippen molar-refractivity contribution in [2.24, 2.45) is 5.92 Å². The first-order chi connectivity index (χ1) is 12.9. The van der Waals surface area contributed by atoms with Crippen LogP contribution in [0.15, 0.2) is 42.5 Å². The third-order valence-corrected chi connectivity index (χ3v) is 3.97. The molecule has 0 N–H and O–H groups in total. The molecule has 4 heteroatoms.